The van der Waals surface area contributed by atoms with Gasteiger partial charge in [0.2, 0.25) is 0 Å². The maximum absolute atomic E-state index is 4.09. The van der Waals surface area contributed by atoms with Crippen LogP contribution < -0.4 is 0 Å². The lowest BCUT2D eigenvalue weighted by Crippen LogP contribution is -2.10. The third-order valence-electron chi connectivity index (χ3n) is 2.23. The number of rotatable bonds is 1. The maximum Gasteiger partial charge on any atom is 0.116 e. The van der Waals surface area contributed by atoms with Gasteiger partial charge in [-0.05, 0) is 34.7 Å². The van der Waals surface area contributed by atoms with Crippen LogP contribution in [0.5, 0.6) is 0 Å². The van der Waals surface area contributed by atoms with Gasteiger partial charge >= 0.3 is 0 Å². The molecule has 0 saturated heterocycles. The van der Waals surface area contributed by atoms with E-state index in [4.69, 9.17) is 0 Å². The van der Waals surface area contributed by atoms with Crippen molar-refractivity contribution in [1.82, 2.24) is 9.97 Å². The SMILES string of the molecule is Brc1ncncc1C1CCC1. The molecule has 1 heterocycles. The minimum Gasteiger partial charge on any atom is -0.244 e. The Morgan fingerprint density at radius 3 is 2.82 bits per heavy atom. The Kier molecular flexibility index (Phi) is 1.90. The molecule has 11 heavy (non-hydrogen) atoms. The number of hydrogen-bond donors (Lipinski definition) is 0. The molecule has 1 aromatic rings. The van der Waals surface area contributed by atoms with Gasteiger partial charge in [0.05, 0.1) is 0 Å². The molecular weight excluding hydrogens is 204 g/mol. The summed E-state index contributed by atoms with van der Waals surface area (Å²) in [6.07, 6.45) is 7.44. The Balaban J connectivity index is 2.28. The molecule has 1 aliphatic rings. The minimum atomic E-state index is 0.713. The Morgan fingerprint density at radius 2 is 2.27 bits per heavy atom. The standard InChI is InChI=1S/C8H9BrN2/c9-8-7(4-10-5-11-8)6-2-1-3-6/h4-6H,1-3H2. The third kappa shape index (κ3) is 1.29. The monoisotopic (exact) mass is 212 g/mol. The lowest BCUT2D eigenvalue weighted by molar-refractivity contribution is 0.416. The van der Waals surface area contributed by atoms with E-state index in [1.165, 1.54) is 24.8 Å². The Hall–Kier alpha value is -0.440. The first-order valence-electron chi connectivity index (χ1n) is 3.83. The largest absolute Gasteiger partial charge is 0.244 e. The maximum atomic E-state index is 4.09. The summed E-state index contributed by atoms with van der Waals surface area (Å²) >= 11 is 3.42. The molecule has 0 N–H and O–H groups in total. The molecule has 2 nitrogen and oxygen atoms in total. The fraction of sp³-hybridized carbons (Fsp3) is 0.500. The number of nitrogens with zero attached hydrogens (tertiary/aromatic N) is 2. The van der Waals surface area contributed by atoms with Crippen molar-refractivity contribution in [3.8, 4) is 0 Å². The van der Waals surface area contributed by atoms with E-state index in [0.717, 1.165) is 4.60 Å². The van der Waals surface area contributed by atoms with E-state index in [1.54, 1.807) is 6.33 Å². The molecule has 0 aliphatic heterocycles. The highest BCUT2D eigenvalue weighted by Crippen LogP contribution is 2.38. The average Bonchev–Trinajstić information content (AvgIpc) is 1.90. The first-order valence-corrected chi connectivity index (χ1v) is 4.62. The van der Waals surface area contributed by atoms with Crippen LogP contribution in [-0.2, 0) is 0 Å². The summed E-state index contributed by atoms with van der Waals surface area (Å²) < 4.78 is 0.970. The van der Waals surface area contributed by atoms with Crippen LogP contribution in [0.1, 0.15) is 30.7 Å². The van der Waals surface area contributed by atoms with Gasteiger partial charge in [-0.3, -0.25) is 0 Å². The molecule has 1 aromatic heterocycles. The highest BCUT2D eigenvalue weighted by atomic mass is 79.9. The van der Waals surface area contributed by atoms with E-state index < -0.39 is 0 Å². The zero-order valence-electron chi connectivity index (χ0n) is 6.13. The van der Waals surface area contributed by atoms with Gasteiger partial charge in [-0.1, -0.05) is 6.42 Å². The quantitative estimate of drug-likeness (QED) is 0.669. The molecule has 1 fully saturated rings. The zero-order valence-corrected chi connectivity index (χ0v) is 7.71. The molecule has 0 bridgehead atoms. The topological polar surface area (TPSA) is 25.8 Å². The van der Waals surface area contributed by atoms with Crippen LogP contribution >= 0.6 is 15.9 Å². The van der Waals surface area contributed by atoms with Crippen LogP contribution in [-0.4, -0.2) is 9.97 Å². The molecule has 0 aromatic carbocycles. The zero-order chi connectivity index (χ0) is 7.68. The van der Waals surface area contributed by atoms with Crippen LogP contribution in [0.15, 0.2) is 17.1 Å². The summed E-state index contributed by atoms with van der Waals surface area (Å²) in [7, 11) is 0. The van der Waals surface area contributed by atoms with Crippen LogP contribution in [0.4, 0.5) is 0 Å². The highest BCUT2D eigenvalue weighted by Gasteiger charge is 2.21. The van der Waals surface area contributed by atoms with Crippen molar-refractivity contribution in [3.63, 3.8) is 0 Å². The fourth-order valence-electron chi connectivity index (χ4n) is 1.32. The molecule has 58 valence electrons. The normalized spacial score (nSPS) is 17.9. The van der Waals surface area contributed by atoms with Crippen LogP contribution in [0.25, 0.3) is 0 Å². The van der Waals surface area contributed by atoms with E-state index >= 15 is 0 Å². The van der Waals surface area contributed by atoms with E-state index in [9.17, 15) is 0 Å². The second-order valence-electron chi connectivity index (χ2n) is 2.90. The lowest BCUT2D eigenvalue weighted by Gasteiger charge is -2.25. The summed E-state index contributed by atoms with van der Waals surface area (Å²) in [5.41, 5.74) is 1.28. The van der Waals surface area contributed by atoms with Crippen molar-refractivity contribution in [3.05, 3.63) is 22.7 Å². The number of aromatic nitrogens is 2. The molecule has 0 amide bonds. The molecule has 1 saturated carbocycles. The first kappa shape index (κ1) is 7.22. The van der Waals surface area contributed by atoms with Crippen molar-refractivity contribution >= 4 is 15.9 Å². The predicted molar refractivity (Wildman–Crippen MR) is 46.3 cm³/mol. The summed E-state index contributed by atoms with van der Waals surface area (Å²) in [5.74, 6) is 0.713. The van der Waals surface area contributed by atoms with E-state index in [2.05, 4.69) is 25.9 Å². The van der Waals surface area contributed by atoms with Gasteiger partial charge in [-0.15, -0.1) is 0 Å². The first-order chi connectivity index (χ1) is 5.38. The van der Waals surface area contributed by atoms with Gasteiger partial charge in [-0.25, -0.2) is 9.97 Å². The van der Waals surface area contributed by atoms with Gasteiger partial charge in [0.25, 0.3) is 0 Å². The molecule has 1 aliphatic carbocycles. The molecule has 3 heteroatoms. The van der Waals surface area contributed by atoms with Crippen LogP contribution in [0.2, 0.25) is 0 Å². The molecule has 0 unspecified atom stereocenters. The van der Waals surface area contributed by atoms with Gasteiger partial charge in [0, 0.05) is 11.8 Å². The summed E-state index contributed by atoms with van der Waals surface area (Å²) in [4.78, 5) is 8.09. The number of halogens is 1. The minimum absolute atomic E-state index is 0.713. The third-order valence-corrected chi connectivity index (χ3v) is 2.90. The second-order valence-corrected chi connectivity index (χ2v) is 3.65. The van der Waals surface area contributed by atoms with Gasteiger partial charge in [-0.2, -0.15) is 0 Å². The molecule has 0 spiro atoms. The molecule has 0 atom stereocenters. The van der Waals surface area contributed by atoms with Crippen LogP contribution in [0.3, 0.4) is 0 Å². The molecular formula is C8H9BrN2. The average molecular weight is 213 g/mol. The van der Waals surface area contributed by atoms with E-state index in [-0.39, 0.29) is 0 Å². The number of hydrogen-bond acceptors (Lipinski definition) is 2. The van der Waals surface area contributed by atoms with Crippen LogP contribution in [0, 0.1) is 0 Å². The Bertz CT molecular complexity index is 258. The fourth-order valence-corrected chi connectivity index (χ4v) is 1.84. The Labute approximate surface area is 74.2 Å². The summed E-state index contributed by atoms with van der Waals surface area (Å²) in [5, 5.41) is 0. The van der Waals surface area contributed by atoms with Crippen molar-refractivity contribution in [2.75, 3.05) is 0 Å². The summed E-state index contributed by atoms with van der Waals surface area (Å²) in [6.45, 7) is 0. The predicted octanol–water partition coefficient (Wildman–Crippen LogP) is 2.51. The van der Waals surface area contributed by atoms with Gasteiger partial charge < -0.3 is 0 Å². The summed E-state index contributed by atoms with van der Waals surface area (Å²) in [6, 6.07) is 0. The molecule has 2 rings (SSSR count). The van der Waals surface area contributed by atoms with Crippen molar-refractivity contribution in [2.45, 2.75) is 25.2 Å². The van der Waals surface area contributed by atoms with Crippen molar-refractivity contribution < 1.29 is 0 Å². The van der Waals surface area contributed by atoms with Crippen molar-refractivity contribution in [1.29, 1.82) is 0 Å². The van der Waals surface area contributed by atoms with E-state index in [1.807, 2.05) is 6.20 Å². The Morgan fingerprint density at radius 1 is 1.45 bits per heavy atom. The smallest absolute Gasteiger partial charge is 0.116 e. The van der Waals surface area contributed by atoms with Gasteiger partial charge in [0.1, 0.15) is 10.9 Å². The molecule has 0 radical (unpaired) electrons. The van der Waals surface area contributed by atoms with Gasteiger partial charge in [0.15, 0.2) is 0 Å². The van der Waals surface area contributed by atoms with Crippen molar-refractivity contribution in [2.24, 2.45) is 0 Å². The van der Waals surface area contributed by atoms with E-state index in [0.29, 0.717) is 5.92 Å². The highest BCUT2D eigenvalue weighted by molar-refractivity contribution is 9.10. The second kappa shape index (κ2) is 2.89. The lowest BCUT2D eigenvalue weighted by atomic mass is 9.81.